The van der Waals surface area contributed by atoms with Gasteiger partial charge in [0.25, 0.3) is 0 Å². The molecular weight excluding hydrogens is 274 g/mol. The number of hydrogen-bond donors (Lipinski definition) is 1. The zero-order valence-electron chi connectivity index (χ0n) is 13.5. The molecule has 22 heavy (non-hydrogen) atoms. The molecule has 0 spiro atoms. The molecule has 0 radical (unpaired) electrons. The quantitative estimate of drug-likeness (QED) is 0.910. The number of benzene rings is 1. The van der Waals surface area contributed by atoms with Crippen LogP contribution in [-0.2, 0) is 16.6 Å². The Morgan fingerprint density at radius 3 is 3.05 bits per heavy atom. The van der Waals surface area contributed by atoms with Crippen molar-refractivity contribution in [3.63, 3.8) is 0 Å². The molecule has 0 saturated carbocycles. The van der Waals surface area contributed by atoms with Crippen LogP contribution < -0.4 is 0 Å². The third-order valence-corrected chi connectivity index (χ3v) is 6.10. The topological polar surface area (TPSA) is 32.7 Å². The summed E-state index contributed by atoms with van der Waals surface area (Å²) < 4.78 is 5.83. The molecule has 3 aliphatic rings. The maximum absolute atomic E-state index is 9.88. The Labute approximate surface area is 132 Å². The molecule has 1 saturated heterocycles. The second kappa shape index (κ2) is 5.02. The van der Waals surface area contributed by atoms with E-state index in [-0.39, 0.29) is 5.41 Å². The number of phenolic OH excluding ortho intramolecular Hbond substituents is 1. The maximum atomic E-state index is 9.88. The highest BCUT2D eigenvalue weighted by Crippen LogP contribution is 2.47. The summed E-state index contributed by atoms with van der Waals surface area (Å²) >= 11 is 0. The second-order valence-corrected chi connectivity index (χ2v) is 7.33. The first kappa shape index (κ1) is 14.1. The van der Waals surface area contributed by atoms with Crippen molar-refractivity contribution in [2.24, 2.45) is 5.92 Å². The average molecular weight is 299 g/mol. The lowest BCUT2D eigenvalue weighted by Crippen LogP contribution is -2.54. The predicted molar refractivity (Wildman–Crippen MR) is 86.9 cm³/mol. The Bertz CT molecular complexity index is 605. The van der Waals surface area contributed by atoms with Gasteiger partial charge in [-0.1, -0.05) is 26.0 Å². The number of rotatable bonds is 2. The summed E-state index contributed by atoms with van der Waals surface area (Å²) in [6.45, 7) is 6.59. The van der Waals surface area contributed by atoms with E-state index in [1.807, 2.05) is 12.1 Å². The number of phenols is 1. The Hall–Kier alpha value is -1.48. The van der Waals surface area contributed by atoms with E-state index in [9.17, 15) is 5.11 Å². The van der Waals surface area contributed by atoms with Crippen LogP contribution in [0.2, 0.25) is 0 Å². The van der Waals surface area contributed by atoms with Gasteiger partial charge in [0.2, 0.25) is 0 Å². The molecule has 1 aromatic carbocycles. The summed E-state index contributed by atoms with van der Waals surface area (Å²) in [5.74, 6) is 0.911. The summed E-state index contributed by atoms with van der Waals surface area (Å²) in [7, 11) is 0. The Morgan fingerprint density at radius 2 is 2.27 bits per heavy atom. The lowest BCUT2D eigenvalue weighted by Gasteiger charge is -2.52. The van der Waals surface area contributed by atoms with Gasteiger partial charge in [-0.05, 0) is 54.6 Å². The number of allylic oxidation sites excluding steroid dienone is 1. The highest BCUT2D eigenvalue weighted by molar-refractivity contribution is 5.47. The minimum absolute atomic E-state index is 0.0179. The van der Waals surface area contributed by atoms with Crippen molar-refractivity contribution in [3.8, 4) is 5.75 Å². The highest BCUT2D eigenvalue weighted by Gasteiger charge is 2.46. The SMILES string of the molecule is C[C@H]1[C@H]2Cc3ccc(O)cc3[C@]1(C)C=CN2C[C@H]1CCCO1. The molecule has 1 aliphatic carbocycles. The third-order valence-electron chi connectivity index (χ3n) is 6.10. The first-order valence-electron chi connectivity index (χ1n) is 8.47. The Morgan fingerprint density at radius 1 is 1.41 bits per heavy atom. The smallest absolute Gasteiger partial charge is 0.115 e. The lowest BCUT2D eigenvalue weighted by atomic mass is 9.61. The van der Waals surface area contributed by atoms with Gasteiger partial charge in [-0.15, -0.1) is 0 Å². The standard InChI is InChI=1S/C19H25NO2/c1-13-18-10-14-5-6-15(21)11-17(14)19(13,2)7-8-20(18)12-16-4-3-9-22-16/h5-8,11,13,16,18,21H,3-4,9-10,12H2,1-2H3/t13-,16+,18+,19+/m0/s1. The molecule has 3 nitrogen and oxygen atoms in total. The van der Waals surface area contributed by atoms with E-state index in [2.05, 4.69) is 37.1 Å². The van der Waals surface area contributed by atoms with Gasteiger partial charge < -0.3 is 14.7 Å². The van der Waals surface area contributed by atoms with Crippen LogP contribution in [0.15, 0.2) is 30.5 Å². The molecule has 3 heteroatoms. The summed E-state index contributed by atoms with van der Waals surface area (Å²) in [5, 5.41) is 9.88. The van der Waals surface area contributed by atoms with Gasteiger partial charge in [0.15, 0.2) is 0 Å². The van der Waals surface area contributed by atoms with Gasteiger partial charge in [0.05, 0.1) is 6.10 Å². The van der Waals surface area contributed by atoms with Crippen molar-refractivity contribution >= 4 is 0 Å². The number of hydrogen-bond acceptors (Lipinski definition) is 3. The molecule has 1 N–H and O–H groups in total. The normalized spacial score (nSPS) is 36.5. The second-order valence-electron chi connectivity index (χ2n) is 7.33. The van der Waals surface area contributed by atoms with E-state index < -0.39 is 0 Å². The van der Waals surface area contributed by atoms with E-state index in [0.717, 1.165) is 19.6 Å². The largest absolute Gasteiger partial charge is 0.508 e. The van der Waals surface area contributed by atoms with Gasteiger partial charge >= 0.3 is 0 Å². The number of fused-ring (bicyclic) bond motifs is 4. The average Bonchev–Trinajstić information content (AvgIpc) is 3.00. The molecule has 0 aromatic heterocycles. The van der Waals surface area contributed by atoms with Crippen molar-refractivity contribution in [2.45, 2.75) is 50.7 Å². The molecular formula is C19H25NO2. The molecule has 118 valence electrons. The van der Waals surface area contributed by atoms with E-state index in [4.69, 9.17) is 4.74 Å². The van der Waals surface area contributed by atoms with Crippen LogP contribution in [0.25, 0.3) is 0 Å². The molecule has 1 aromatic rings. The summed E-state index contributed by atoms with van der Waals surface area (Å²) in [5.41, 5.74) is 2.69. The molecule has 2 heterocycles. The van der Waals surface area contributed by atoms with Crippen LogP contribution in [0.1, 0.15) is 37.8 Å². The maximum Gasteiger partial charge on any atom is 0.115 e. The van der Waals surface area contributed by atoms with Crippen molar-refractivity contribution in [3.05, 3.63) is 41.6 Å². The van der Waals surface area contributed by atoms with Gasteiger partial charge in [0.1, 0.15) is 5.75 Å². The monoisotopic (exact) mass is 299 g/mol. The van der Waals surface area contributed by atoms with Crippen LogP contribution in [0.4, 0.5) is 0 Å². The van der Waals surface area contributed by atoms with Gasteiger partial charge in [-0.2, -0.15) is 0 Å². The fourth-order valence-electron chi connectivity index (χ4n) is 4.52. The highest BCUT2D eigenvalue weighted by atomic mass is 16.5. The van der Waals surface area contributed by atoms with Crippen LogP contribution in [0.3, 0.4) is 0 Å². The minimum atomic E-state index is 0.0179. The molecule has 0 unspecified atom stereocenters. The van der Waals surface area contributed by atoms with Crippen LogP contribution in [0, 0.1) is 5.92 Å². The van der Waals surface area contributed by atoms with E-state index in [1.54, 1.807) is 0 Å². The fraction of sp³-hybridized carbons (Fsp3) is 0.579. The number of aromatic hydroxyl groups is 1. The first-order chi connectivity index (χ1) is 10.6. The van der Waals surface area contributed by atoms with Crippen LogP contribution >= 0.6 is 0 Å². The first-order valence-corrected chi connectivity index (χ1v) is 8.47. The minimum Gasteiger partial charge on any atom is -0.508 e. The number of ether oxygens (including phenoxy) is 1. The van der Waals surface area contributed by atoms with Gasteiger partial charge in [-0.25, -0.2) is 0 Å². The van der Waals surface area contributed by atoms with Crippen molar-refractivity contribution in [1.82, 2.24) is 4.90 Å². The number of nitrogens with zero attached hydrogens (tertiary/aromatic N) is 1. The Kier molecular flexibility index (Phi) is 3.23. The molecule has 4 atom stereocenters. The summed E-state index contributed by atoms with van der Waals surface area (Å²) in [4.78, 5) is 2.50. The summed E-state index contributed by atoms with van der Waals surface area (Å²) in [6.07, 6.45) is 8.45. The summed E-state index contributed by atoms with van der Waals surface area (Å²) in [6, 6.07) is 6.41. The van der Waals surface area contributed by atoms with Crippen LogP contribution in [-0.4, -0.2) is 35.3 Å². The molecule has 2 bridgehead atoms. The lowest BCUT2D eigenvalue weighted by molar-refractivity contribution is 0.0498. The van der Waals surface area contributed by atoms with E-state index in [1.165, 1.54) is 24.0 Å². The van der Waals surface area contributed by atoms with Gasteiger partial charge in [-0.3, -0.25) is 0 Å². The van der Waals surface area contributed by atoms with Crippen molar-refractivity contribution in [2.75, 3.05) is 13.2 Å². The molecule has 1 fully saturated rings. The van der Waals surface area contributed by atoms with Crippen LogP contribution in [0.5, 0.6) is 5.75 Å². The molecule has 0 amide bonds. The Balaban J connectivity index is 1.68. The zero-order valence-corrected chi connectivity index (χ0v) is 13.5. The van der Waals surface area contributed by atoms with E-state index in [0.29, 0.717) is 23.8 Å². The predicted octanol–water partition coefficient (Wildman–Crippen LogP) is 3.22. The van der Waals surface area contributed by atoms with E-state index >= 15 is 0 Å². The van der Waals surface area contributed by atoms with Crippen molar-refractivity contribution in [1.29, 1.82) is 0 Å². The zero-order chi connectivity index (χ0) is 15.3. The van der Waals surface area contributed by atoms with Gasteiger partial charge in [0, 0.05) is 24.6 Å². The fourth-order valence-corrected chi connectivity index (χ4v) is 4.52. The molecule has 4 rings (SSSR count). The van der Waals surface area contributed by atoms with Crippen molar-refractivity contribution < 1.29 is 9.84 Å². The molecule has 2 aliphatic heterocycles. The third kappa shape index (κ3) is 2.06.